The molecule has 0 aliphatic carbocycles. The van der Waals surface area contributed by atoms with Gasteiger partial charge in [0.2, 0.25) is 5.78 Å². The first-order valence-corrected chi connectivity index (χ1v) is 10.1. The standard InChI is InChI=1S/C21H24ClN5O2/c1-12-6-7-13(2)16(10-12)11-26-19(28)17-18(24(5)21(26)29)23-20-25(9-8-22)14(3)15(4)27(17)20/h6-7,10H,8-9,11H2,1-5H3. The zero-order valence-corrected chi connectivity index (χ0v) is 18.0. The van der Waals surface area contributed by atoms with Gasteiger partial charge in [-0.2, -0.15) is 4.98 Å². The second-order valence-corrected chi connectivity index (χ2v) is 7.97. The average molecular weight is 414 g/mol. The molecule has 7 nitrogen and oxygen atoms in total. The summed E-state index contributed by atoms with van der Waals surface area (Å²) in [4.78, 5) is 31.1. The summed E-state index contributed by atoms with van der Waals surface area (Å²) in [5.74, 6) is 1.07. The van der Waals surface area contributed by atoms with Gasteiger partial charge in [-0.05, 0) is 38.8 Å². The summed E-state index contributed by atoms with van der Waals surface area (Å²) in [5, 5.41) is 0. The fourth-order valence-corrected chi connectivity index (χ4v) is 4.12. The molecule has 152 valence electrons. The van der Waals surface area contributed by atoms with E-state index in [4.69, 9.17) is 11.6 Å². The van der Waals surface area contributed by atoms with E-state index in [0.29, 0.717) is 29.4 Å². The van der Waals surface area contributed by atoms with Gasteiger partial charge < -0.3 is 4.57 Å². The highest BCUT2D eigenvalue weighted by Crippen LogP contribution is 2.21. The lowest BCUT2D eigenvalue weighted by Crippen LogP contribution is -2.39. The predicted molar refractivity (Wildman–Crippen MR) is 115 cm³/mol. The number of aryl methyl sites for hydroxylation is 5. The van der Waals surface area contributed by atoms with Gasteiger partial charge in [0, 0.05) is 30.9 Å². The van der Waals surface area contributed by atoms with Crippen LogP contribution in [0.3, 0.4) is 0 Å². The van der Waals surface area contributed by atoms with Gasteiger partial charge in [-0.15, -0.1) is 11.6 Å². The Hall–Kier alpha value is -2.80. The van der Waals surface area contributed by atoms with E-state index in [1.807, 2.05) is 54.9 Å². The van der Waals surface area contributed by atoms with E-state index in [0.717, 1.165) is 28.1 Å². The maximum atomic E-state index is 13.5. The van der Waals surface area contributed by atoms with E-state index < -0.39 is 0 Å². The van der Waals surface area contributed by atoms with Crippen molar-refractivity contribution in [1.29, 1.82) is 0 Å². The molecule has 0 bridgehead atoms. The van der Waals surface area contributed by atoms with E-state index in [9.17, 15) is 9.59 Å². The summed E-state index contributed by atoms with van der Waals surface area (Å²) < 4.78 is 6.58. The molecule has 29 heavy (non-hydrogen) atoms. The first-order valence-electron chi connectivity index (χ1n) is 9.56. The third-order valence-electron chi connectivity index (χ3n) is 5.77. The lowest BCUT2D eigenvalue weighted by Gasteiger charge is -2.11. The van der Waals surface area contributed by atoms with Crippen molar-refractivity contribution >= 4 is 28.5 Å². The zero-order valence-electron chi connectivity index (χ0n) is 17.3. The minimum absolute atomic E-state index is 0.225. The van der Waals surface area contributed by atoms with Crippen LogP contribution in [0.1, 0.15) is 28.1 Å². The molecule has 8 heteroatoms. The number of rotatable bonds is 4. The minimum atomic E-state index is -0.373. The number of benzene rings is 1. The van der Waals surface area contributed by atoms with Crippen molar-refractivity contribution in [2.24, 2.45) is 7.05 Å². The Morgan fingerprint density at radius 3 is 2.45 bits per heavy atom. The Morgan fingerprint density at radius 2 is 1.76 bits per heavy atom. The van der Waals surface area contributed by atoms with Crippen LogP contribution in [0, 0.1) is 27.7 Å². The molecule has 0 spiro atoms. The maximum Gasteiger partial charge on any atom is 0.332 e. The Morgan fingerprint density at radius 1 is 1.03 bits per heavy atom. The topological polar surface area (TPSA) is 66.2 Å². The van der Waals surface area contributed by atoms with Gasteiger partial charge >= 0.3 is 5.69 Å². The van der Waals surface area contributed by atoms with Crippen LogP contribution in [0.2, 0.25) is 0 Å². The van der Waals surface area contributed by atoms with Crippen LogP contribution in [0.25, 0.3) is 16.9 Å². The summed E-state index contributed by atoms with van der Waals surface area (Å²) in [5.41, 5.74) is 5.12. The zero-order chi connectivity index (χ0) is 21.0. The quantitative estimate of drug-likeness (QED) is 0.483. The lowest BCUT2D eigenvalue weighted by atomic mass is 10.1. The van der Waals surface area contributed by atoms with Crippen molar-refractivity contribution in [2.45, 2.75) is 40.8 Å². The second kappa shape index (κ2) is 6.91. The van der Waals surface area contributed by atoms with Crippen molar-refractivity contribution in [3.8, 4) is 0 Å². The molecular formula is C21H24ClN5O2. The van der Waals surface area contributed by atoms with Crippen molar-refractivity contribution in [3.63, 3.8) is 0 Å². The third kappa shape index (κ3) is 2.83. The maximum absolute atomic E-state index is 13.5. The van der Waals surface area contributed by atoms with E-state index >= 15 is 0 Å². The van der Waals surface area contributed by atoms with E-state index in [-0.39, 0.29) is 17.8 Å². The first kappa shape index (κ1) is 19.5. The Bertz CT molecular complexity index is 1390. The van der Waals surface area contributed by atoms with Gasteiger partial charge in [0.25, 0.3) is 5.56 Å². The summed E-state index contributed by atoms with van der Waals surface area (Å²) in [7, 11) is 1.66. The Kier molecular flexibility index (Phi) is 4.65. The SMILES string of the molecule is Cc1ccc(C)c(Cn2c(=O)c3c(nc4n(CCCl)c(C)c(C)n34)n(C)c2=O)c1. The number of nitrogens with zero attached hydrogens (tertiary/aromatic N) is 5. The summed E-state index contributed by atoms with van der Waals surface area (Å²) >= 11 is 5.97. The molecule has 0 aliphatic heterocycles. The molecule has 0 saturated carbocycles. The molecule has 4 rings (SSSR count). The monoisotopic (exact) mass is 413 g/mol. The van der Waals surface area contributed by atoms with E-state index in [2.05, 4.69) is 4.98 Å². The lowest BCUT2D eigenvalue weighted by molar-refractivity contribution is 0.654. The molecule has 0 atom stereocenters. The van der Waals surface area contributed by atoms with Crippen LogP contribution in [0.15, 0.2) is 27.8 Å². The first-order chi connectivity index (χ1) is 13.8. The predicted octanol–water partition coefficient (Wildman–Crippen LogP) is 2.67. The number of fused-ring (bicyclic) bond motifs is 3. The Labute approximate surface area is 172 Å². The molecule has 0 amide bonds. The van der Waals surface area contributed by atoms with Crippen molar-refractivity contribution in [2.75, 3.05) is 5.88 Å². The van der Waals surface area contributed by atoms with Gasteiger partial charge in [-0.25, -0.2) is 4.79 Å². The number of hydrogen-bond acceptors (Lipinski definition) is 3. The normalized spacial score (nSPS) is 11.8. The van der Waals surface area contributed by atoms with Gasteiger partial charge in [0.1, 0.15) is 0 Å². The highest BCUT2D eigenvalue weighted by molar-refractivity contribution is 6.17. The molecular weight excluding hydrogens is 390 g/mol. The fourth-order valence-electron chi connectivity index (χ4n) is 3.95. The van der Waals surface area contributed by atoms with Crippen molar-refractivity contribution in [1.82, 2.24) is 23.1 Å². The number of imidazole rings is 2. The molecule has 0 saturated heterocycles. The van der Waals surface area contributed by atoms with Crippen LogP contribution in [-0.2, 0) is 20.1 Å². The highest BCUT2D eigenvalue weighted by Gasteiger charge is 2.22. The van der Waals surface area contributed by atoms with Gasteiger partial charge in [0.05, 0.1) is 6.54 Å². The van der Waals surface area contributed by atoms with Crippen LogP contribution < -0.4 is 11.2 Å². The summed E-state index contributed by atoms with van der Waals surface area (Å²) in [6.07, 6.45) is 0. The Balaban J connectivity index is 2.06. The van der Waals surface area contributed by atoms with Gasteiger partial charge in [0.15, 0.2) is 11.2 Å². The minimum Gasteiger partial charge on any atom is -0.313 e. The smallest absolute Gasteiger partial charge is 0.313 e. The van der Waals surface area contributed by atoms with Gasteiger partial charge in [-0.1, -0.05) is 23.8 Å². The van der Waals surface area contributed by atoms with Crippen LogP contribution >= 0.6 is 11.6 Å². The van der Waals surface area contributed by atoms with Gasteiger partial charge in [-0.3, -0.25) is 18.3 Å². The molecule has 4 aromatic rings. The number of halogens is 1. The number of alkyl halides is 1. The molecule has 0 radical (unpaired) electrons. The number of aromatic nitrogens is 5. The molecule has 1 aromatic carbocycles. The highest BCUT2D eigenvalue weighted by atomic mass is 35.5. The molecule has 0 fully saturated rings. The molecule has 3 heterocycles. The van der Waals surface area contributed by atoms with E-state index in [1.165, 1.54) is 9.13 Å². The molecule has 0 unspecified atom stereocenters. The van der Waals surface area contributed by atoms with Crippen LogP contribution in [0.5, 0.6) is 0 Å². The van der Waals surface area contributed by atoms with Crippen molar-refractivity contribution in [3.05, 3.63) is 67.1 Å². The van der Waals surface area contributed by atoms with E-state index in [1.54, 1.807) is 7.05 Å². The fraction of sp³-hybridized carbons (Fsp3) is 0.381. The molecule has 0 N–H and O–H groups in total. The summed E-state index contributed by atoms with van der Waals surface area (Å²) in [6, 6.07) is 6.05. The summed E-state index contributed by atoms with van der Waals surface area (Å²) in [6.45, 7) is 8.73. The van der Waals surface area contributed by atoms with Crippen LogP contribution in [-0.4, -0.2) is 29.0 Å². The molecule has 0 aliphatic rings. The van der Waals surface area contributed by atoms with Crippen molar-refractivity contribution < 1.29 is 0 Å². The van der Waals surface area contributed by atoms with Crippen LogP contribution in [0.4, 0.5) is 0 Å². The molecule has 3 aromatic heterocycles. The third-order valence-corrected chi connectivity index (χ3v) is 5.94. The average Bonchev–Trinajstić information content (AvgIpc) is 3.18. The largest absolute Gasteiger partial charge is 0.332 e. The number of hydrogen-bond donors (Lipinski definition) is 0. The second-order valence-electron chi connectivity index (χ2n) is 7.59.